The fourth-order valence-corrected chi connectivity index (χ4v) is 7.08. The molecule has 36 heavy (non-hydrogen) atoms. The van der Waals surface area contributed by atoms with E-state index < -0.39 is 33.4 Å². The summed E-state index contributed by atoms with van der Waals surface area (Å²) in [5.41, 5.74) is -1.27. The van der Waals surface area contributed by atoms with E-state index in [1.807, 2.05) is 0 Å². The molecule has 2 bridgehead atoms. The minimum absolute atomic E-state index is 0.106. The Morgan fingerprint density at radius 1 is 1.03 bits per heavy atom. The van der Waals surface area contributed by atoms with Crippen molar-refractivity contribution in [3.05, 3.63) is 32.6 Å². The molecule has 3 amide bonds. The number of aryl methyl sites for hydroxylation is 1. The van der Waals surface area contributed by atoms with Gasteiger partial charge in [0.1, 0.15) is 5.56 Å². The van der Waals surface area contributed by atoms with Gasteiger partial charge in [-0.2, -0.15) is 12.7 Å². The van der Waals surface area contributed by atoms with Crippen LogP contribution in [0.3, 0.4) is 0 Å². The first-order valence-electron chi connectivity index (χ1n) is 12.7. The summed E-state index contributed by atoms with van der Waals surface area (Å²) < 4.78 is 30.8. The second-order valence-corrected chi connectivity index (χ2v) is 12.1. The Kier molecular flexibility index (Phi) is 7.88. The maximum atomic E-state index is 12.6. The van der Waals surface area contributed by atoms with Crippen LogP contribution in [0.25, 0.3) is 0 Å². The summed E-state index contributed by atoms with van der Waals surface area (Å²) in [6.07, 6.45) is 7.90. The molecule has 3 N–H and O–H groups in total. The van der Waals surface area contributed by atoms with Gasteiger partial charge in [-0.05, 0) is 62.2 Å². The minimum atomic E-state index is -3.91. The Morgan fingerprint density at radius 3 is 2.39 bits per heavy atom. The molecule has 2 heterocycles. The molecule has 0 aromatic carbocycles. The largest absolute Gasteiger partial charge is 0.352 e. The topological polar surface area (TPSA) is 152 Å². The highest BCUT2D eigenvalue weighted by Crippen LogP contribution is 2.47. The van der Waals surface area contributed by atoms with E-state index >= 15 is 0 Å². The van der Waals surface area contributed by atoms with E-state index in [0.29, 0.717) is 44.2 Å². The van der Waals surface area contributed by atoms with Gasteiger partial charge >= 0.3 is 21.9 Å². The number of nitrogens with one attached hydrogen (secondary N) is 3. The Bertz CT molecular complexity index is 1220. The van der Waals surface area contributed by atoms with E-state index in [9.17, 15) is 27.6 Å². The van der Waals surface area contributed by atoms with E-state index in [1.54, 1.807) is 0 Å². The fourth-order valence-electron chi connectivity index (χ4n) is 5.96. The monoisotopic (exact) mass is 524 g/mol. The molecule has 0 unspecified atom stereocenters. The summed E-state index contributed by atoms with van der Waals surface area (Å²) in [5.74, 6) is 1.52. The number of urea groups is 1. The van der Waals surface area contributed by atoms with Crippen LogP contribution in [0.5, 0.6) is 0 Å². The first-order valence-corrected chi connectivity index (χ1v) is 14.1. The summed E-state index contributed by atoms with van der Waals surface area (Å²) >= 11 is 0. The molecule has 4 rings (SSSR count). The van der Waals surface area contributed by atoms with Crippen LogP contribution in [0.1, 0.15) is 55.3 Å². The lowest BCUT2D eigenvalue weighted by molar-refractivity contribution is 0.0946. The van der Waals surface area contributed by atoms with Crippen molar-refractivity contribution in [1.29, 1.82) is 0 Å². The number of piperidine rings is 1. The second-order valence-electron chi connectivity index (χ2n) is 10.4. The molecule has 12 nitrogen and oxygen atoms in total. The van der Waals surface area contributed by atoms with Crippen LogP contribution < -0.4 is 26.6 Å². The zero-order valence-electron chi connectivity index (χ0n) is 20.9. The Balaban J connectivity index is 1.17. The van der Waals surface area contributed by atoms with Gasteiger partial charge in [-0.25, -0.2) is 14.3 Å². The van der Waals surface area contributed by atoms with Crippen LogP contribution >= 0.6 is 0 Å². The average Bonchev–Trinajstić information content (AvgIpc) is 3.47. The van der Waals surface area contributed by atoms with Crippen LogP contribution in [0.2, 0.25) is 0 Å². The lowest BCUT2D eigenvalue weighted by atomic mass is 9.89. The molecule has 200 valence electrons. The number of carbonyl (C=O) groups excluding carboxylic acids is 2. The highest BCUT2D eigenvalue weighted by Gasteiger charge is 2.39. The van der Waals surface area contributed by atoms with E-state index in [1.165, 1.54) is 48.4 Å². The predicted octanol–water partition coefficient (Wildman–Crippen LogP) is -0.104. The molecule has 3 aliphatic rings. The van der Waals surface area contributed by atoms with Gasteiger partial charge in [0.15, 0.2) is 0 Å². The van der Waals surface area contributed by atoms with Crippen molar-refractivity contribution in [1.82, 2.24) is 28.8 Å². The number of nitrogens with zero attached hydrogens (tertiary/aromatic N) is 3. The first kappa shape index (κ1) is 26.4. The lowest BCUT2D eigenvalue weighted by Gasteiger charge is -2.31. The van der Waals surface area contributed by atoms with Gasteiger partial charge in [-0.3, -0.25) is 14.2 Å². The number of hydrogen-bond donors (Lipinski definition) is 3. The van der Waals surface area contributed by atoms with Gasteiger partial charge in [0, 0.05) is 46.5 Å². The average molecular weight is 525 g/mol. The smallest absolute Gasteiger partial charge is 0.330 e. The van der Waals surface area contributed by atoms with Gasteiger partial charge in [0.25, 0.3) is 11.5 Å². The summed E-state index contributed by atoms with van der Waals surface area (Å²) in [6, 6.07) is -0.674. The van der Waals surface area contributed by atoms with E-state index in [0.717, 1.165) is 16.9 Å². The normalized spacial score (nSPS) is 24.6. The third-order valence-electron chi connectivity index (χ3n) is 8.07. The summed E-state index contributed by atoms with van der Waals surface area (Å²) in [4.78, 5) is 48.6. The van der Waals surface area contributed by atoms with Gasteiger partial charge in [-0.15, -0.1) is 0 Å². The third-order valence-corrected chi connectivity index (χ3v) is 9.56. The predicted molar refractivity (Wildman–Crippen MR) is 133 cm³/mol. The molecule has 1 aromatic rings. The van der Waals surface area contributed by atoms with Gasteiger partial charge < -0.3 is 15.2 Å². The van der Waals surface area contributed by atoms with Crippen molar-refractivity contribution < 1.29 is 18.0 Å². The van der Waals surface area contributed by atoms with Crippen LogP contribution in [0.15, 0.2) is 15.8 Å². The van der Waals surface area contributed by atoms with Crippen LogP contribution in [-0.4, -0.2) is 60.0 Å². The SMILES string of the molecule is Cn1cc(C(=O)NCCC2CCN(S(=O)(=O)NC(=O)NC[C@@H]3C[C@@H]4CC[C@@H]3C4)CC2)c(=O)n(C)c1=O. The van der Waals surface area contributed by atoms with E-state index in [-0.39, 0.29) is 24.6 Å². The number of hydrogen-bond acceptors (Lipinski definition) is 6. The van der Waals surface area contributed by atoms with Crippen molar-refractivity contribution in [2.45, 2.75) is 44.9 Å². The van der Waals surface area contributed by atoms with Crippen molar-refractivity contribution in [2.75, 3.05) is 26.2 Å². The lowest BCUT2D eigenvalue weighted by Crippen LogP contribution is -2.50. The van der Waals surface area contributed by atoms with Crippen LogP contribution in [0, 0.1) is 23.7 Å². The van der Waals surface area contributed by atoms with Gasteiger partial charge in [0.05, 0.1) is 0 Å². The molecular formula is C23H36N6O6S. The van der Waals surface area contributed by atoms with Crippen molar-refractivity contribution >= 4 is 22.1 Å². The highest BCUT2D eigenvalue weighted by molar-refractivity contribution is 7.87. The van der Waals surface area contributed by atoms with E-state index in [2.05, 4.69) is 15.4 Å². The molecule has 0 radical (unpaired) electrons. The number of rotatable bonds is 8. The number of carbonyl (C=O) groups is 2. The molecule has 2 saturated carbocycles. The fraction of sp³-hybridized carbons (Fsp3) is 0.739. The maximum Gasteiger partial charge on any atom is 0.330 e. The van der Waals surface area contributed by atoms with Gasteiger partial charge in [0.2, 0.25) is 0 Å². The Hall–Kier alpha value is -2.67. The van der Waals surface area contributed by atoms with E-state index in [4.69, 9.17) is 0 Å². The molecule has 3 atom stereocenters. The van der Waals surface area contributed by atoms with Crippen molar-refractivity contribution in [3.8, 4) is 0 Å². The molecular weight excluding hydrogens is 488 g/mol. The number of amides is 3. The summed E-state index contributed by atoms with van der Waals surface area (Å²) in [6.45, 7) is 1.41. The molecule has 1 aliphatic heterocycles. The highest BCUT2D eigenvalue weighted by atomic mass is 32.2. The minimum Gasteiger partial charge on any atom is -0.352 e. The van der Waals surface area contributed by atoms with Gasteiger partial charge in [-0.1, -0.05) is 6.42 Å². The molecule has 1 aromatic heterocycles. The quantitative estimate of drug-likeness (QED) is 0.432. The Morgan fingerprint density at radius 2 is 1.75 bits per heavy atom. The molecule has 13 heteroatoms. The van der Waals surface area contributed by atoms with Crippen LogP contribution in [-0.2, 0) is 24.3 Å². The molecule has 3 fully saturated rings. The van der Waals surface area contributed by atoms with Crippen LogP contribution in [0.4, 0.5) is 4.79 Å². The first-order chi connectivity index (χ1) is 17.0. The zero-order valence-corrected chi connectivity index (χ0v) is 21.7. The summed E-state index contributed by atoms with van der Waals surface area (Å²) in [5, 5.41) is 5.45. The summed E-state index contributed by atoms with van der Waals surface area (Å²) in [7, 11) is -1.12. The molecule has 2 aliphatic carbocycles. The third kappa shape index (κ3) is 5.83. The number of aromatic nitrogens is 2. The maximum absolute atomic E-state index is 12.6. The zero-order chi connectivity index (χ0) is 26.0. The van der Waals surface area contributed by atoms with Crippen molar-refractivity contribution in [2.24, 2.45) is 37.8 Å². The van der Waals surface area contributed by atoms with Crippen molar-refractivity contribution in [3.63, 3.8) is 0 Å². The number of fused-ring (bicyclic) bond motifs is 2. The molecule has 1 saturated heterocycles. The molecule has 0 spiro atoms. The Labute approximate surface area is 210 Å². The standard InChI is InChI=1S/C23H36N6O6S/c1-27-14-19(21(31)28(2)23(27)33)20(30)24-8-5-15-6-9-29(10-7-15)36(34,35)26-22(32)25-13-18-12-16-3-4-17(18)11-16/h14-18H,3-13H2,1-2H3,(H,24,30)(H2,25,26,32)/t16-,17-,18+/m1/s1. The second kappa shape index (κ2) is 10.8.